The molecule has 2 atom stereocenters. The van der Waals surface area contributed by atoms with Crippen LogP contribution < -0.4 is 10.2 Å². The first-order chi connectivity index (χ1) is 9.24. The molecule has 3 rings (SSSR count). The molecule has 0 bridgehead atoms. The minimum atomic E-state index is 0.476. The van der Waals surface area contributed by atoms with Crippen LogP contribution >= 0.6 is 0 Å². The van der Waals surface area contributed by atoms with Crippen molar-refractivity contribution >= 4 is 5.69 Å². The summed E-state index contributed by atoms with van der Waals surface area (Å²) in [5.41, 5.74) is 3.49. The lowest BCUT2D eigenvalue weighted by molar-refractivity contribution is 0.202. The number of para-hydroxylation sites is 1. The summed E-state index contributed by atoms with van der Waals surface area (Å²) in [6.45, 7) is 8.34. The second kappa shape index (κ2) is 5.16. The van der Waals surface area contributed by atoms with Crippen molar-refractivity contribution in [2.75, 3.05) is 24.5 Å². The van der Waals surface area contributed by atoms with Gasteiger partial charge >= 0.3 is 0 Å². The fourth-order valence-corrected chi connectivity index (χ4v) is 3.81. The zero-order valence-electron chi connectivity index (χ0n) is 12.3. The highest BCUT2D eigenvalue weighted by atomic mass is 15.2. The second-order valence-electron chi connectivity index (χ2n) is 6.44. The zero-order valence-corrected chi connectivity index (χ0v) is 12.3. The Morgan fingerprint density at radius 2 is 2.21 bits per heavy atom. The molecule has 0 amide bonds. The molecule has 0 aromatic heterocycles. The van der Waals surface area contributed by atoms with Gasteiger partial charge in [0, 0.05) is 30.2 Å². The molecule has 0 radical (unpaired) electrons. The Balaban J connectivity index is 1.82. The van der Waals surface area contributed by atoms with Gasteiger partial charge in [0.1, 0.15) is 0 Å². The summed E-state index contributed by atoms with van der Waals surface area (Å²) in [6.07, 6.45) is 5.20. The van der Waals surface area contributed by atoms with E-state index in [2.05, 4.69) is 48.3 Å². The van der Waals surface area contributed by atoms with Crippen LogP contribution in [0.4, 0.5) is 5.69 Å². The van der Waals surface area contributed by atoms with E-state index in [-0.39, 0.29) is 0 Å². The fourth-order valence-electron chi connectivity index (χ4n) is 3.81. The number of hydrogen-bond acceptors (Lipinski definition) is 2. The lowest BCUT2D eigenvalue weighted by atomic mass is 9.77. The number of hydrogen-bond donors (Lipinski definition) is 1. The summed E-state index contributed by atoms with van der Waals surface area (Å²) in [6, 6.07) is 9.61. The highest BCUT2D eigenvalue weighted by molar-refractivity contribution is 5.59. The van der Waals surface area contributed by atoms with E-state index in [1.54, 1.807) is 0 Å². The molecular formula is C17H26N2. The van der Waals surface area contributed by atoms with Crippen molar-refractivity contribution < 1.29 is 0 Å². The Labute approximate surface area is 117 Å². The quantitative estimate of drug-likeness (QED) is 0.895. The van der Waals surface area contributed by atoms with Crippen LogP contribution in [0.5, 0.6) is 0 Å². The first kappa shape index (κ1) is 13.0. The van der Waals surface area contributed by atoms with Gasteiger partial charge in [-0.1, -0.05) is 25.1 Å². The van der Waals surface area contributed by atoms with Gasteiger partial charge in [0.05, 0.1) is 0 Å². The molecule has 1 N–H and O–H groups in total. The summed E-state index contributed by atoms with van der Waals surface area (Å²) in [4.78, 5) is 2.66. The average Bonchev–Trinajstić information content (AvgIpc) is 2.76. The van der Waals surface area contributed by atoms with Crippen molar-refractivity contribution in [2.24, 2.45) is 5.41 Å². The lowest BCUT2D eigenvalue weighted by Crippen LogP contribution is -2.48. The third-order valence-electron chi connectivity index (χ3n) is 5.16. The SMILES string of the molecule is CCC1(CN2c3ccccc3CC2C)CCCNC1. The summed E-state index contributed by atoms with van der Waals surface area (Å²) in [5.74, 6) is 0. The van der Waals surface area contributed by atoms with Crippen LogP contribution in [0.3, 0.4) is 0 Å². The highest BCUT2D eigenvalue weighted by Crippen LogP contribution is 2.38. The standard InChI is InChI=1S/C17H26N2/c1-3-17(9-6-10-18-12-17)13-19-14(2)11-15-7-4-5-8-16(15)19/h4-5,7-8,14,18H,3,6,9-13H2,1-2H3. The van der Waals surface area contributed by atoms with Gasteiger partial charge in [-0.15, -0.1) is 0 Å². The molecule has 104 valence electrons. The van der Waals surface area contributed by atoms with Gasteiger partial charge in [-0.25, -0.2) is 0 Å². The molecule has 1 saturated heterocycles. The van der Waals surface area contributed by atoms with Crippen LogP contribution in [-0.4, -0.2) is 25.7 Å². The average molecular weight is 258 g/mol. The van der Waals surface area contributed by atoms with Crippen LogP contribution in [0.25, 0.3) is 0 Å². The molecule has 2 heterocycles. The summed E-state index contributed by atoms with van der Waals surface area (Å²) in [5, 5.41) is 3.61. The van der Waals surface area contributed by atoms with E-state index >= 15 is 0 Å². The minimum Gasteiger partial charge on any atom is -0.368 e. The van der Waals surface area contributed by atoms with Crippen molar-refractivity contribution in [1.29, 1.82) is 0 Å². The van der Waals surface area contributed by atoms with Crippen molar-refractivity contribution in [3.8, 4) is 0 Å². The minimum absolute atomic E-state index is 0.476. The van der Waals surface area contributed by atoms with E-state index in [0.717, 1.165) is 0 Å². The number of fused-ring (bicyclic) bond motifs is 1. The van der Waals surface area contributed by atoms with Gasteiger partial charge < -0.3 is 10.2 Å². The van der Waals surface area contributed by atoms with E-state index in [9.17, 15) is 0 Å². The number of nitrogens with one attached hydrogen (secondary N) is 1. The molecule has 0 aliphatic carbocycles. The molecule has 1 aromatic carbocycles. The fraction of sp³-hybridized carbons (Fsp3) is 0.647. The number of piperidine rings is 1. The van der Waals surface area contributed by atoms with Gasteiger partial charge in [0.15, 0.2) is 0 Å². The molecule has 0 saturated carbocycles. The largest absolute Gasteiger partial charge is 0.368 e. The summed E-state index contributed by atoms with van der Waals surface area (Å²) in [7, 11) is 0. The number of nitrogens with zero attached hydrogens (tertiary/aromatic N) is 1. The Morgan fingerprint density at radius 3 is 2.95 bits per heavy atom. The Bertz CT molecular complexity index is 435. The van der Waals surface area contributed by atoms with Gasteiger partial charge in [-0.05, 0) is 50.8 Å². The van der Waals surface area contributed by atoms with Crippen molar-refractivity contribution in [1.82, 2.24) is 5.32 Å². The molecule has 2 heteroatoms. The molecule has 0 spiro atoms. The van der Waals surface area contributed by atoms with E-state index in [1.165, 1.54) is 56.6 Å². The van der Waals surface area contributed by atoms with E-state index in [4.69, 9.17) is 0 Å². The van der Waals surface area contributed by atoms with Gasteiger partial charge in [0.2, 0.25) is 0 Å². The highest BCUT2D eigenvalue weighted by Gasteiger charge is 2.36. The second-order valence-corrected chi connectivity index (χ2v) is 6.44. The molecule has 2 aliphatic heterocycles. The van der Waals surface area contributed by atoms with Crippen LogP contribution in [-0.2, 0) is 6.42 Å². The zero-order chi connectivity index (χ0) is 13.3. The maximum Gasteiger partial charge on any atom is 0.0402 e. The molecule has 2 nitrogen and oxygen atoms in total. The predicted molar refractivity (Wildman–Crippen MR) is 81.8 cm³/mol. The van der Waals surface area contributed by atoms with E-state index in [0.29, 0.717) is 11.5 Å². The van der Waals surface area contributed by atoms with Gasteiger partial charge in [-0.2, -0.15) is 0 Å². The number of benzene rings is 1. The summed E-state index contributed by atoms with van der Waals surface area (Å²) < 4.78 is 0. The Hall–Kier alpha value is -1.02. The number of anilines is 1. The normalized spacial score (nSPS) is 30.4. The molecule has 1 aromatic rings. The van der Waals surface area contributed by atoms with Crippen molar-refractivity contribution in [3.05, 3.63) is 29.8 Å². The maximum atomic E-state index is 3.61. The number of rotatable bonds is 3. The smallest absolute Gasteiger partial charge is 0.0402 e. The monoisotopic (exact) mass is 258 g/mol. The molecule has 19 heavy (non-hydrogen) atoms. The molecule has 2 aliphatic rings. The van der Waals surface area contributed by atoms with Gasteiger partial charge in [-0.3, -0.25) is 0 Å². The van der Waals surface area contributed by atoms with Crippen LogP contribution in [0, 0.1) is 5.41 Å². The first-order valence-corrected chi connectivity index (χ1v) is 7.79. The summed E-state index contributed by atoms with van der Waals surface area (Å²) >= 11 is 0. The van der Waals surface area contributed by atoms with E-state index < -0.39 is 0 Å². The van der Waals surface area contributed by atoms with Gasteiger partial charge in [0.25, 0.3) is 0 Å². The third-order valence-corrected chi connectivity index (χ3v) is 5.16. The van der Waals surface area contributed by atoms with E-state index in [1.807, 2.05) is 0 Å². The van der Waals surface area contributed by atoms with Crippen molar-refractivity contribution in [2.45, 2.75) is 45.6 Å². The third kappa shape index (κ3) is 2.38. The van der Waals surface area contributed by atoms with Crippen molar-refractivity contribution in [3.63, 3.8) is 0 Å². The lowest BCUT2D eigenvalue weighted by Gasteiger charge is -2.42. The molecular weight excluding hydrogens is 232 g/mol. The predicted octanol–water partition coefficient (Wildman–Crippen LogP) is 3.22. The van der Waals surface area contributed by atoms with Crippen LogP contribution in [0.1, 0.15) is 38.7 Å². The molecule has 1 fully saturated rings. The molecule has 2 unspecified atom stereocenters. The topological polar surface area (TPSA) is 15.3 Å². The maximum absolute atomic E-state index is 3.61. The Morgan fingerprint density at radius 1 is 1.37 bits per heavy atom. The Kier molecular flexibility index (Phi) is 3.53. The van der Waals surface area contributed by atoms with Crippen LogP contribution in [0.2, 0.25) is 0 Å². The first-order valence-electron chi connectivity index (χ1n) is 7.79. The van der Waals surface area contributed by atoms with Crippen LogP contribution in [0.15, 0.2) is 24.3 Å².